The number of benzene rings is 1. The lowest BCUT2D eigenvalue weighted by Gasteiger charge is -2.16. The number of nitrogens with zero attached hydrogens (tertiary/aromatic N) is 2. The third kappa shape index (κ3) is 9.63. The van der Waals surface area contributed by atoms with Crippen LogP contribution in [0.2, 0.25) is 0 Å². The van der Waals surface area contributed by atoms with Crippen LogP contribution in [0.25, 0.3) is 0 Å². The van der Waals surface area contributed by atoms with Gasteiger partial charge in [0.05, 0.1) is 13.7 Å². The monoisotopic (exact) mass is 542 g/mol. The molecule has 31 heavy (non-hydrogen) atoms. The first kappa shape index (κ1) is 26.8. The van der Waals surface area contributed by atoms with Gasteiger partial charge in [-0.2, -0.15) is 0 Å². The van der Waals surface area contributed by atoms with Crippen molar-refractivity contribution >= 4 is 29.9 Å². The molecule has 0 spiro atoms. The quantitative estimate of drug-likeness (QED) is 0.197. The van der Waals surface area contributed by atoms with E-state index < -0.39 is 0 Å². The molecule has 0 saturated heterocycles. The second-order valence-corrected chi connectivity index (χ2v) is 7.12. The first-order valence-corrected chi connectivity index (χ1v) is 10.5. The predicted molar refractivity (Wildman–Crippen MR) is 137 cm³/mol. The summed E-state index contributed by atoms with van der Waals surface area (Å²) < 4.78 is 13.0. The van der Waals surface area contributed by atoms with E-state index in [4.69, 9.17) is 9.47 Å². The average molecular weight is 542 g/mol. The van der Waals surface area contributed by atoms with E-state index in [-0.39, 0.29) is 35.6 Å². The van der Waals surface area contributed by atoms with Gasteiger partial charge in [-0.1, -0.05) is 12.1 Å². The molecule has 0 amide bonds. The Balaban J connectivity index is 0.00000480. The van der Waals surface area contributed by atoms with Gasteiger partial charge < -0.3 is 24.7 Å². The molecule has 0 bridgehead atoms. The van der Waals surface area contributed by atoms with Crippen LogP contribution in [0.5, 0.6) is 11.5 Å². The standard InChI is InChI=1S/C23H34N4O3.HI/c1-5-24-23(25-14-6-7-15-27-18(2)10-8-13-22(27)28)26-17-19(3)30-21-12-9-11-20(16-21)29-4;/h8-13,16,19H,5-7,14-15,17H2,1-4H3,(H2,24,25,26);1H. The average Bonchev–Trinajstić information content (AvgIpc) is 2.73. The zero-order valence-corrected chi connectivity index (χ0v) is 21.2. The van der Waals surface area contributed by atoms with Crippen molar-refractivity contribution in [3.63, 3.8) is 0 Å². The topological polar surface area (TPSA) is 76.9 Å². The molecule has 0 saturated carbocycles. The summed E-state index contributed by atoms with van der Waals surface area (Å²) >= 11 is 0. The summed E-state index contributed by atoms with van der Waals surface area (Å²) in [5.41, 5.74) is 1.05. The number of rotatable bonds is 11. The fourth-order valence-corrected chi connectivity index (χ4v) is 3.02. The number of hydrogen-bond donors (Lipinski definition) is 2. The first-order valence-electron chi connectivity index (χ1n) is 10.5. The van der Waals surface area contributed by atoms with E-state index in [2.05, 4.69) is 15.6 Å². The van der Waals surface area contributed by atoms with Crippen molar-refractivity contribution in [1.82, 2.24) is 15.2 Å². The van der Waals surface area contributed by atoms with Gasteiger partial charge in [-0.3, -0.25) is 4.79 Å². The van der Waals surface area contributed by atoms with Gasteiger partial charge in [-0.15, -0.1) is 24.0 Å². The Morgan fingerprint density at radius 3 is 2.58 bits per heavy atom. The molecule has 8 heteroatoms. The minimum Gasteiger partial charge on any atom is -0.497 e. The minimum absolute atomic E-state index is 0. The van der Waals surface area contributed by atoms with E-state index in [0.717, 1.165) is 55.6 Å². The number of aryl methyl sites for hydroxylation is 1. The van der Waals surface area contributed by atoms with Crippen LogP contribution in [0.3, 0.4) is 0 Å². The molecule has 2 N–H and O–H groups in total. The lowest BCUT2D eigenvalue weighted by Crippen LogP contribution is -2.38. The lowest BCUT2D eigenvalue weighted by atomic mass is 10.3. The van der Waals surface area contributed by atoms with E-state index in [9.17, 15) is 4.79 Å². The van der Waals surface area contributed by atoms with E-state index in [1.165, 1.54) is 0 Å². The Morgan fingerprint density at radius 2 is 1.87 bits per heavy atom. The number of unbranched alkanes of at least 4 members (excludes halogenated alkanes) is 1. The highest BCUT2D eigenvalue weighted by Gasteiger charge is 2.06. The van der Waals surface area contributed by atoms with E-state index in [0.29, 0.717) is 6.54 Å². The molecule has 1 aromatic heterocycles. The number of halogens is 1. The van der Waals surface area contributed by atoms with Crippen LogP contribution in [0.1, 0.15) is 32.4 Å². The number of pyridine rings is 1. The third-order valence-electron chi connectivity index (χ3n) is 4.60. The molecule has 0 aliphatic carbocycles. The highest BCUT2D eigenvalue weighted by Crippen LogP contribution is 2.19. The molecule has 1 heterocycles. The third-order valence-corrected chi connectivity index (χ3v) is 4.60. The maximum atomic E-state index is 11.9. The molecule has 0 aliphatic rings. The van der Waals surface area contributed by atoms with Gasteiger partial charge in [0, 0.05) is 37.5 Å². The van der Waals surface area contributed by atoms with Crippen LogP contribution < -0.4 is 25.7 Å². The van der Waals surface area contributed by atoms with Crippen molar-refractivity contribution in [1.29, 1.82) is 0 Å². The molecule has 172 valence electrons. The summed E-state index contributed by atoms with van der Waals surface area (Å²) in [6, 6.07) is 12.9. The molecule has 1 unspecified atom stereocenters. The molecule has 1 atom stereocenters. The van der Waals surface area contributed by atoms with Gasteiger partial charge in [0.15, 0.2) is 5.96 Å². The van der Waals surface area contributed by atoms with Crippen LogP contribution in [0.15, 0.2) is 52.3 Å². The zero-order chi connectivity index (χ0) is 21.8. The van der Waals surface area contributed by atoms with Gasteiger partial charge >= 0.3 is 0 Å². The van der Waals surface area contributed by atoms with Crippen LogP contribution in [-0.2, 0) is 6.54 Å². The summed E-state index contributed by atoms with van der Waals surface area (Å²) in [5.74, 6) is 2.30. The number of aromatic nitrogens is 1. The summed E-state index contributed by atoms with van der Waals surface area (Å²) in [7, 11) is 1.64. The van der Waals surface area contributed by atoms with Crippen LogP contribution in [0, 0.1) is 6.92 Å². The number of hydrogen-bond acceptors (Lipinski definition) is 4. The fourth-order valence-electron chi connectivity index (χ4n) is 3.02. The highest BCUT2D eigenvalue weighted by atomic mass is 127. The molecule has 2 rings (SSSR count). The number of methoxy groups -OCH3 is 1. The molecule has 0 fully saturated rings. The highest BCUT2D eigenvalue weighted by molar-refractivity contribution is 14.0. The SMILES string of the molecule is CCNC(=NCC(C)Oc1cccc(OC)c1)NCCCCn1c(C)cccc1=O.I. The fraction of sp³-hybridized carbons (Fsp3) is 0.478. The van der Waals surface area contributed by atoms with Gasteiger partial charge in [0.1, 0.15) is 17.6 Å². The molecule has 7 nitrogen and oxygen atoms in total. The second-order valence-electron chi connectivity index (χ2n) is 7.12. The van der Waals surface area contributed by atoms with E-state index >= 15 is 0 Å². The summed E-state index contributed by atoms with van der Waals surface area (Å²) in [5, 5.41) is 6.60. The Kier molecular flexibility index (Phi) is 12.7. The molecule has 0 aliphatic heterocycles. The van der Waals surface area contributed by atoms with E-state index in [1.807, 2.05) is 55.7 Å². The molecular formula is C23H35IN4O3. The zero-order valence-electron chi connectivity index (χ0n) is 18.9. The normalized spacial score (nSPS) is 11.9. The lowest BCUT2D eigenvalue weighted by molar-refractivity contribution is 0.229. The Morgan fingerprint density at radius 1 is 1.13 bits per heavy atom. The van der Waals surface area contributed by atoms with Gasteiger partial charge in [0.2, 0.25) is 0 Å². The van der Waals surface area contributed by atoms with Crippen LogP contribution in [0.4, 0.5) is 0 Å². The Labute approximate surface area is 202 Å². The van der Waals surface area contributed by atoms with Crippen LogP contribution >= 0.6 is 24.0 Å². The number of guanidine groups is 1. The maximum Gasteiger partial charge on any atom is 0.250 e. The number of aliphatic imine (C=N–C) groups is 1. The van der Waals surface area contributed by atoms with E-state index in [1.54, 1.807) is 19.2 Å². The van der Waals surface area contributed by atoms with Gasteiger partial charge in [-0.05, 0) is 51.8 Å². The summed E-state index contributed by atoms with van der Waals surface area (Å²) in [6.45, 7) is 8.83. The molecule has 0 radical (unpaired) electrons. The van der Waals surface area contributed by atoms with Crippen LogP contribution in [-0.4, -0.2) is 43.4 Å². The van der Waals surface area contributed by atoms with Gasteiger partial charge in [0.25, 0.3) is 5.56 Å². The second kappa shape index (κ2) is 14.7. The molecule has 1 aromatic carbocycles. The predicted octanol–water partition coefficient (Wildman–Crippen LogP) is 3.59. The Hall–Kier alpha value is -2.23. The van der Waals surface area contributed by atoms with Crippen molar-refractivity contribution < 1.29 is 9.47 Å². The smallest absolute Gasteiger partial charge is 0.250 e. The minimum atomic E-state index is -0.0690. The van der Waals surface area contributed by atoms with Gasteiger partial charge in [-0.25, -0.2) is 4.99 Å². The van der Waals surface area contributed by atoms with Crippen molar-refractivity contribution in [3.8, 4) is 11.5 Å². The number of nitrogens with one attached hydrogen (secondary N) is 2. The van der Waals surface area contributed by atoms with Crippen molar-refractivity contribution in [3.05, 3.63) is 58.5 Å². The van der Waals surface area contributed by atoms with Crippen molar-refractivity contribution in [2.75, 3.05) is 26.7 Å². The first-order chi connectivity index (χ1) is 14.5. The molecular weight excluding hydrogens is 507 g/mol. The molecule has 2 aromatic rings. The summed E-state index contributed by atoms with van der Waals surface area (Å²) in [4.78, 5) is 16.5. The number of ether oxygens (including phenoxy) is 2. The maximum absolute atomic E-state index is 11.9. The van der Waals surface area contributed by atoms with Crippen molar-refractivity contribution in [2.24, 2.45) is 4.99 Å². The largest absolute Gasteiger partial charge is 0.497 e. The Bertz CT molecular complexity index is 870. The summed E-state index contributed by atoms with van der Waals surface area (Å²) in [6.07, 6.45) is 1.80. The van der Waals surface area contributed by atoms with Crippen molar-refractivity contribution in [2.45, 2.75) is 46.3 Å².